The minimum Gasteiger partial charge on any atom is -0.492 e. The maximum Gasteiger partial charge on any atom is 0.296 e. The number of aryl methyl sites for hydroxylation is 3. The summed E-state index contributed by atoms with van der Waals surface area (Å²) in [5.74, 6) is -0.412. The minimum atomic E-state index is -0.642. The van der Waals surface area contributed by atoms with Crippen LogP contribution in [0.1, 0.15) is 27.0 Å². The summed E-state index contributed by atoms with van der Waals surface area (Å²) >= 11 is 0. The summed E-state index contributed by atoms with van der Waals surface area (Å²) in [6.45, 7) is 10.5. The molecule has 172 valence electrons. The van der Waals surface area contributed by atoms with Gasteiger partial charge in [0, 0.05) is 41.7 Å². The number of anilines is 1. The highest BCUT2D eigenvalue weighted by Crippen LogP contribution is 2.32. The third-order valence-electron chi connectivity index (χ3n) is 6.01. The van der Waals surface area contributed by atoms with Crippen LogP contribution in [0.4, 0.5) is 5.69 Å². The predicted molar refractivity (Wildman–Crippen MR) is 130 cm³/mol. The largest absolute Gasteiger partial charge is 0.492 e. The number of fused-ring (bicyclic) bond motifs is 1. The maximum atomic E-state index is 12.9. The number of morpholine rings is 1. The van der Waals surface area contributed by atoms with E-state index < -0.39 is 11.7 Å². The van der Waals surface area contributed by atoms with E-state index in [4.69, 9.17) is 9.47 Å². The minimum absolute atomic E-state index is 0.463. The molecule has 3 aromatic rings. The van der Waals surface area contributed by atoms with Crippen molar-refractivity contribution in [2.24, 2.45) is 0 Å². The van der Waals surface area contributed by atoms with Crippen LogP contribution >= 0.6 is 0 Å². The van der Waals surface area contributed by atoms with Gasteiger partial charge in [-0.3, -0.25) is 14.5 Å². The average molecular weight is 447 g/mol. The first-order valence-corrected chi connectivity index (χ1v) is 11.3. The molecule has 0 aliphatic carbocycles. The Hall–Kier alpha value is -3.22. The molecule has 33 heavy (non-hydrogen) atoms. The number of nitrogens with zero attached hydrogens (tertiary/aromatic N) is 1. The number of hydrogen-bond acceptors (Lipinski definition) is 5. The van der Waals surface area contributed by atoms with Crippen LogP contribution in [0.15, 0.2) is 48.5 Å². The van der Waals surface area contributed by atoms with Crippen molar-refractivity contribution in [2.75, 3.05) is 44.8 Å². The van der Waals surface area contributed by atoms with Gasteiger partial charge in [0.25, 0.3) is 11.7 Å². The first-order valence-electron chi connectivity index (χ1n) is 11.3. The summed E-state index contributed by atoms with van der Waals surface area (Å²) in [5.41, 5.74) is 3.73. The van der Waals surface area contributed by atoms with Crippen LogP contribution in [-0.2, 0) is 9.53 Å². The standard InChI is InChI=1S/C27H30N2O4/c1-18-16-19(2)25(20(3)17-18)26(30)27(31)28-23-8-9-24(22-7-5-4-6-21(22)23)33-15-12-29-10-13-32-14-11-29/h4-9,16-17H,10-15H2,1-3H3,(H,28,31). The van der Waals surface area contributed by atoms with E-state index in [9.17, 15) is 9.59 Å². The second-order valence-corrected chi connectivity index (χ2v) is 8.52. The Kier molecular flexibility index (Phi) is 7.06. The Morgan fingerprint density at radius 3 is 2.33 bits per heavy atom. The molecule has 0 bridgehead atoms. The number of nitrogens with one attached hydrogen (secondary N) is 1. The van der Waals surface area contributed by atoms with Crippen LogP contribution < -0.4 is 10.1 Å². The maximum absolute atomic E-state index is 12.9. The molecular weight excluding hydrogens is 416 g/mol. The summed E-state index contributed by atoms with van der Waals surface area (Å²) in [6.07, 6.45) is 0. The molecule has 0 aromatic heterocycles. The molecule has 1 N–H and O–H groups in total. The lowest BCUT2D eigenvalue weighted by atomic mass is 9.96. The van der Waals surface area contributed by atoms with E-state index in [2.05, 4.69) is 10.2 Å². The van der Waals surface area contributed by atoms with Crippen LogP contribution in [-0.4, -0.2) is 56.0 Å². The number of Topliss-reactive ketones (excluding diaryl/α,β-unsaturated/α-hetero) is 1. The number of amides is 1. The molecule has 4 rings (SSSR count). The van der Waals surface area contributed by atoms with Crippen LogP contribution in [0.3, 0.4) is 0 Å². The number of carbonyl (C=O) groups is 2. The van der Waals surface area contributed by atoms with E-state index in [-0.39, 0.29) is 0 Å². The van der Waals surface area contributed by atoms with Crippen molar-refractivity contribution in [3.8, 4) is 5.75 Å². The normalized spacial score (nSPS) is 14.3. The van der Waals surface area contributed by atoms with Crippen LogP contribution in [0.25, 0.3) is 10.8 Å². The van der Waals surface area contributed by atoms with Gasteiger partial charge in [0.05, 0.1) is 13.2 Å². The molecule has 0 unspecified atom stereocenters. The van der Waals surface area contributed by atoms with Crippen molar-refractivity contribution in [2.45, 2.75) is 20.8 Å². The molecule has 0 spiro atoms. The molecule has 3 aromatic carbocycles. The van der Waals surface area contributed by atoms with Gasteiger partial charge in [0.2, 0.25) is 0 Å². The zero-order valence-corrected chi connectivity index (χ0v) is 19.4. The topological polar surface area (TPSA) is 67.9 Å². The lowest BCUT2D eigenvalue weighted by molar-refractivity contribution is -0.112. The van der Waals surface area contributed by atoms with Crippen molar-refractivity contribution >= 4 is 28.2 Å². The zero-order valence-electron chi connectivity index (χ0n) is 19.4. The van der Waals surface area contributed by atoms with E-state index in [1.807, 2.05) is 63.2 Å². The van der Waals surface area contributed by atoms with Gasteiger partial charge in [-0.2, -0.15) is 0 Å². The average Bonchev–Trinajstić information content (AvgIpc) is 2.80. The van der Waals surface area contributed by atoms with E-state index in [0.717, 1.165) is 66.1 Å². The van der Waals surface area contributed by atoms with Crippen LogP contribution in [0.2, 0.25) is 0 Å². The Labute approximate surface area is 194 Å². The fraction of sp³-hybridized carbons (Fsp3) is 0.333. The van der Waals surface area contributed by atoms with Gasteiger partial charge in [-0.15, -0.1) is 0 Å². The summed E-state index contributed by atoms with van der Waals surface area (Å²) in [7, 11) is 0. The first kappa shape index (κ1) is 23.0. The van der Waals surface area contributed by atoms with E-state index in [0.29, 0.717) is 17.9 Å². The molecule has 0 radical (unpaired) electrons. The highest BCUT2D eigenvalue weighted by atomic mass is 16.5. The summed E-state index contributed by atoms with van der Waals surface area (Å²) in [5, 5.41) is 4.55. The van der Waals surface area contributed by atoms with E-state index in [1.54, 1.807) is 6.07 Å². The number of rotatable bonds is 7. The Balaban J connectivity index is 1.51. The molecule has 0 atom stereocenters. The summed E-state index contributed by atoms with van der Waals surface area (Å²) < 4.78 is 11.5. The van der Waals surface area contributed by atoms with Gasteiger partial charge in [-0.25, -0.2) is 0 Å². The molecule has 1 aliphatic heterocycles. The highest BCUT2D eigenvalue weighted by molar-refractivity contribution is 6.47. The molecule has 1 saturated heterocycles. The molecule has 6 heteroatoms. The smallest absolute Gasteiger partial charge is 0.296 e. The van der Waals surface area contributed by atoms with Crippen molar-refractivity contribution in [3.05, 3.63) is 70.8 Å². The summed E-state index contributed by atoms with van der Waals surface area (Å²) in [4.78, 5) is 28.1. The third kappa shape index (κ3) is 5.24. The fourth-order valence-corrected chi connectivity index (χ4v) is 4.45. The number of hydrogen-bond donors (Lipinski definition) is 1. The SMILES string of the molecule is Cc1cc(C)c(C(=O)C(=O)Nc2ccc(OCCN3CCOCC3)c3ccccc23)c(C)c1. The van der Waals surface area contributed by atoms with Crippen molar-refractivity contribution in [1.82, 2.24) is 4.90 Å². The van der Waals surface area contributed by atoms with Crippen molar-refractivity contribution < 1.29 is 19.1 Å². The quantitative estimate of drug-likeness (QED) is 0.433. The second-order valence-electron chi connectivity index (χ2n) is 8.52. The first-order chi connectivity index (χ1) is 15.9. The molecule has 1 heterocycles. The molecule has 6 nitrogen and oxygen atoms in total. The van der Waals surface area contributed by atoms with Gasteiger partial charge in [0.15, 0.2) is 0 Å². The molecule has 1 amide bonds. The van der Waals surface area contributed by atoms with Gasteiger partial charge >= 0.3 is 0 Å². The number of benzene rings is 3. The van der Waals surface area contributed by atoms with Crippen LogP contribution in [0.5, 0.6) is 5.75 Å². The number of ether oxygens (including phenoxy) is 2. The Morgan fingerprint density at radius 2 is 1.64 bits per heavy atom. The van der Waals surface area contributed by atoms with Crippen molar-refractivity contribution in [1.29, 1.82) is 0 Å². The lowest BCUT2D eigenvalue weighted by Gasteiger charge is -2.26. The molecule has 1 aliphatic rings. The summed E-state index contributed by atoms with van der Waals surface area (Å²) in [6, 6.07) is 15.2. The highest BCUT2D eigenvalue weighted by Gasteiger charge is 2.22. The van der Waals surface area contributed by atoms with Crippen LogP contribution in [0, 0.1) is 20.8 Å². The van der Waals surface area contributed by atoms with Gasteiger partial charge in [0.1, 0.15) is 12.4 Å². The Morgan fingerprint density at radius 1 is 0.970 bits per heavy atom. The van der Waals surface area contributed by atoms with Crippen molar-refractivity contribution in [3.63, 3.8) is 0 Å². The number of ketones is 1. The second kappa shape index (κ2) is 10.1. The predicted octanol–water partition coefficient (Wildman–Crippen LogP) is 4.30. The fourth-order valence-electron chi connectivity index (χ4n) is 4.45. The lowest BCUT2D eigenvalue weighted by Crippen LogP contribution is -2.38. The van der Waals surface area contributed by atoms with E-state index in [1.165, 1.54) is 0 Å². The molecule has 0 saturated carbocycles. The zero-order chi connectivity index (χ0) is 23.4. The van der Waals surface area contributed by atoms with Gasteiger partial charge in [-0.05, 0) is 44.0 Å². The van der Waals surface area contributed by atoms with Gasteiger partial charge < -0.3 is 14.8 Å². The molecule has 1 fully saturated rings. The van der Waals surface area contributed by atoms with E-state index >= 15 is 0 Å². The monoisotopic (exact) mass is 446 g/mol. The van der Waals surface area contributed by atoms with Gasteiger partial charge in [-0.1, -0.05) is 42.0 Å². The number of carbonyl (C=O) groups excluding carboxylic acids is 2. The molecular formula is C27H30N2O4. The third-order valence-corrected chi connectivity index (χ3v) is 6.01. The Bertz CT molecular complexity index is 1160.